The van der Waals surface area contributed by atoms with E-state index in [1.54, 1.807) is 11.3 Å². The molecule has 3 nitrogen and oxygen atoms in total. The van der Waals surface area contributed by atoms with Crippen molar-refractivity contribution in [2.75, 3.05) is 0 Å². The Morgan fingerprint density at radius 3 is 2.71 bits per heavy atom. The number of halogens is 1. The third kappa shape index (κ3) is 2.47. The van der Waals surface area contributed by atoms with Crippen LogP contribution in [0.15, 0.2) is 30.5 Å². The monoisotopic (exact) mass is 317 g/mol. The summed E-state index contributed by atoms with van der Waals surface area (Å²) in [5.41, 5.74) is 1.87. The number of hydrogen-bond acceptors (Lipinski definition) is 3. The Labute approximate surface area is 132 Å². The normalized spacial score (nSPS) is 16.6. The second-order valence-corrected chi connectivity index (χ2v) is 7.00. The van der Waals surface area contributed by atoms with Gasteiger partial charge < -0.3 is 0 Å². The van der Waals surface area contributed by atoms with Crippen molar-refractivity contribution in [1.29, 1.82) is 0 Å². The van der Waals surface area contributed by atoms with Crippen LogP contribution in [0.4, 0.5) is 0 Å². The molecule has 0 amide bonds. The first-order valence-electron chi connectivity index (χ1n) is 7.42. The van der Waals surface area contributed by atoms with Gasteiger partial charge in [-0.3, -0.25) is 0 Å². The summed E-state index contributed by atoms with van der Waals surface area (Å²) in [6.07, 6.45) is 8.56. The van der Waals surface area contributed by atoms with E-state index in [1.807, 2.05) is 35.0 Å². The minimum Gasteiger partial charge on any atom is -0.217 e. The van der Waals surface area contributed by atoms with Crippen molar-refractivity contribution in [1.82, 2.24) is 14.6 Å². The fourth-order valence-corrected chi connectivity index (χ4v) is 4.31. The lowest BCUT2D eigenvalue weighted by molar-refractivity contribution is 0.439. The summed E-state index contributed by atoms with van der Waals surface area (Å²) >= 11 is 7.96. The smallest absolute Gasteiger partial charge is 0.212 e. The Hall–Kier alpha value is -1.39. The van der Waals surface area contributed by atoms with E-state index in [9.17, 15) is 0 Å². The summed E-state index contributed by atoms with van der Waals surface area (Å²) in [6.45, 7) is 0. The molecule has 1 aliphatic carbocycles. The molecule has 0 radical (unpaired) electrons. The van der Waals surface area contributed by atoms with Crippen LogP contribution in [0, 0.1) is 0 Å². The van der Waals surface area contributed by atoms with Gasteiger partial charge >= 0.3 is 0 Å². The third-order valence-electron chi connectivity index (χ3n) is 4.16. The minimum absolute atomic E-state index is 0.634. The predicted octanol–water partition coefficient (Wildman–Crippen LogP) is 5.16. The molecule has 1 saturated carbocycles. The molecule has 1 fully saturated rings. The lowest BCUT2D eigenvalue weighted by Crippen LogP contribution is -2.04. The molecule has 21 heavy (non-hydrogen) atoms. The average molecular weight is 318 g/mol. The summed E-state index contributed by atoms with van der Waals surface area (Å²) < 4.78 is 1.91. The highest BCUT2D eigenvalue weighted by molar-refractivity contribution is 7.16. The molecule has 2 aromatic heterocycles. The van der Waals surface area contributed by atoms with E-state index in [4.69, 9.17) is 21.7 Å². The number of aromatic nitrogens is 3. The maximum Gasteiger partial charge on any atom is 0.212 e. The van der Waals surface area contributed by atoms with Crippen LogP contribution in [0.2, 0.25) is 5.02 Å². The van der Waals surface area contributed by atoms with E-state index in [2.05, 4.69) is 0 Å². The summed E-state index contributed by atoms with van der Waals surface area (Å²) in [5.74, 6) is 0.634. The van der Waals surface area contributed by atoms with Crippen molar-refractivity contribution in [3.8, 4) is 11.3 Å². The lowest BCUT2D eigenvalue weighted by atomic mass is 9.90. The number of rotatable bonds is 2. The van der Waals surface area contributed by atoms with Crippen molar-refractivity contribution >= 4 is 27.9 Å². The van der Waals surface area contributed by atoms with E-state index in [0.717, 1.165) is 21.2 Å². The Morgan fingerprint density at radius 2 is 1.95 bits per heavy atom. The maximum absolute atomic E-state index is 6.24. The predicted molar refractivity (Wildman–Crippen MR) is 87.1 cm³/mol. The number of benzene rings is 1. The van der Waals surface area contributed by atoms with Crippen molar-refractivity contribution in [2.24, 2.45) is 0 Å². The van der Waals surface area contributed by atoms with Gasteiger partial charge in [-0.05, 0) is 18.9 Å². The minimum atomic E-state index is 0.634. The zero-order chi connectivity index (χ0) is 14.2. The van der Waals surface area contributed by atoms with Crippen LogP contribution in [-0.2, 0) is 0 Å². The molecule has 2 heterocycles. The zero-order valence-corrected chi connectivity index (χ0v) is 13.2. The largest absolute Gasteiger partial charge is 0.217 e. The summed E-state index contributed by atoms with van der Waals surface area (Å²) in [7, 11) is 0. The molecule has 0 unspecified atom stereocenters. The summed E-state index contributed by atoms with van der Waals surface area (Å²) in [5, 5.41) is 6.71. The van der Waals surface area contributed by atoms with Gasteiger partial charge in [0.1, 0.15) is 5.01 Å². The Bertz CT molecular complexity index is 739. The van der Waals surface area contributed by atoms with Crippen molar-refractivity contribution in [2.45, 2.75) is 38.0 Å². The molecule has 0 N–H and O–H groups in total. The molecule has 1 aliphatic rings. The Morgan fingerprint density at radius 1 is 1.14 bits per heavy atom. The average Bonchev–Trinajstić information content (AvgIpc) is 3.07. The van der Waals surface area contributed by atoms with Gasteiger partial charge in [0, 0.05) is 11.5 Å². The van der Waals surface area contributed by atoms with E-state index >= 15 is 0 Å². The fourth-order valence-electron chi connectivity index (χ4n) is 3.03. The first kappa shape index (κ1) is 13.3. The highest BCUT2D eigenvalue weighted by Crippen LogP contribution is 2.35. The van der Waals surface area contributed by atoms with Crippen LogP contribution < -0.4 is 0 Å². The molecule has 0 saturated heterocycles. The summed E-state index contributed by atoms with van der Waals surface area (Å²) in [4.78, 5) is 5.66. The molecule has 1 aromatic carbocycles. The van der Waals surface area contributed by atoms with Crippen molar-refractivity contribution in [3.05, 3.63) is 40.5 Å². The molecular formula is C16H16ClN3S. The van der Waals surface area contributed by atoms with Crippen LogP contribution in [0.5, 0.6) is 0 Å². The van der Waals surface area contributed by atoms with Gasteiger partial charge in [-0.2, -0.15) is 5.10 Å². The zero-order valence-electron chi connectivity index (χ0n) is 11.6. The Balaban J connectivity index is 1.69. The number of imidazole rings is 1. The van der Waals surface area contributed by atoms with Crippen molar-refractivity contribution in [3.63, 3.8) is 0 Å². The van der Waals surface area contributed by atoms with Gasteiger partial charge in [-0.1, -0.05) is 60.4 Å². The number of hydrogen-bond donors (Lipinski definition) is 0. The molecule has 0 atom stereocenters. The number of nitrogens with zero attached hydrogens (tertiary/aromatic N) is 3. The lowest BCUT2D eigenvalue weighted by Gasteiger charge is -2.18. The number of fused-ring (bicyclic) bond motifs is 1. The molecule has 0 spiro atoms. The highest BCUT2D eigenvalue weighted by atomic mass is 35.5. The standard InChI is InChI=1S/C16H16ClN3S/c17-13-9-5-4-8-12(13)14-10-20-16(18-14)21-15(19-20)11-6-2-1-3-7-11/h4-5,8-11H,1-3,6-7H2. The van der Waals surface area contributed by atoms with Crippen LogP contribution in [-0.4, -0.2) is 14.6 Å². The van der Waals surface area contributed by atoms with Crippen LogP contribution in [0.25, 0.3) is 16.2 Å². The molecular weight excluding hydrogens is 302 g/mol. The first-order chi connectivity index (χ1) is 10.3. The van der Waals surface area contributed by atoms with Gasteiger partial charge in [-0.25, -0.2) is 9.50 Å². The molecule has 108 valence electrons. The molecule has 4 rings (SSSR count). The van der Waals surface area contributed by atoms with Crippen LogP contribution in [0.1, 0.15) is 43.0 Å². The SMILES string of the molecule is Clc1ccccc1-c1cn2nc(C3CCCCC3)sc2n1. The Kier molecular flexibility index (Phi) is 3.43. The second kappa shape index (κ2) is 5.43. The van der Waals surface area contributed by atoms with Gasteiger partial charge in [0.25, 0.3) is 0 Å². The van der Waals surface area contributed by atoms with E-state index < -0.39 is 0 Å². The second-order valence-electron chi connectivity index (χ2n) is 5.61. The first-order valence-corrected chi connectivity index (χ1v) is 8.62. The van der Waals surface area contributed by atoms with Gasteiger partial charge in [-0.15, -0.1) is 0 Å². The van der Waals surface area contributed by atoms with Gasteiger partial charge in [0.2, 0.25) is 4.96 Å². The van der Waals surface area contributed by atoms with Gasteiger partial charge in [0.15, 0.2) is 0 Å². The van der Waals surface area contributed by atoms with Crippen molar-refractivity contribution < 1.29 is 0 Å². The van der Waals surface area contributed by atoms with E-state index in [1.165, 1.54) is 37.1 Å². The molecule has 5 heteroatoms. The topological polar surface area (TPSA) is 30.2 Å². The maximum atomic E-state index is 6.24. The third-order valence-corrected chi connectivity index (χ3v) is 5.58. The summed E-state index contributed by atoms with van der Waals surface area (Å²) in [6, 6.07) is 7.81. The van der Waals surface area contributed by atoms with E-state index in [0.29, 0.717) is 5.92 Å². The quantitative estimate of drug-likeness (QED) is 0.653. The fraction of sp³-hybridized carbons (Fsp3) is 0.375. The highest BCUT2D eigenvalue weighted by Gasteiger charge is 2.20. The molecule has 0 bridgehead atoms. The molecule has 0 aliphatic heterocycles. The molecule has 3 aromatic rings. The van der Waals surface area contributed by atoms with Crippen LogP contribution >= 0.6 is 22.9 Å². The van der Waals surface area contributed by atoms with E-state index in [-0.39, 0.29) is 0 Å². The van der Waals surface area contributed by atoms with Crippen LogP contribution in [0.3, 0.4) is 0 Å². The van der Waals surface area contributed by atoms with Gasteiger partial charge in [0.05, 0.1) is 16.9 Å².